The Morgan fingerprint density at radius 1 is 0.968 bits per heavy atom. The first-order valence-electron chi connectivity index (χ1n) is 9.59. The second-order valence-electron chi connectivity index (χ2n) is 7.17. The number of H-pyrrole nitrogens is 1. The molecule has 1 fully saturated rings. The number of hydrogen-bond acceptors (Lipinski definition) is 4. The fourth-order valence-electron chi connectivity index (χ4n) is 3.59. The molecule has 1 aliphatic heterocycles. The summed E-state index contributed by atoms with van der Waals surface area (Å²) in [4.78, 5) is 53.2. The number of benzene rings is 2. The van der Waals surface area contributed by atoms with Crippen LogP contribution in [0.1, 0.15) is 10.4 Å². The Bertz CT molecular complexity index is 1290. The standard InChI is InChI=1S/C21H18ClFN4O4/c22-17-11-13(23)5-6-16(17)20(30)26-9-7-25(8-10-26)18(28)12-27-21(31)15-4-2-1-3-14(15)19(29)24-27/h1-6,11H,7-10,12H2,(H,24,29). The van der Waals surface area contributed by atoms with E-state index < -0.39 is 16.9 Å². The summed E-state index contributed by atoms with van der Waals surface area (Å²) < 4.78 is 14.2. The van der Waals surface area contributed by atoms with Gasteiger partial charge in [0.1, 0.15) is 12.4 Å². The van der Waals surface area contributed by atoms with E-state index >= 15 is 0 Å². The number of aromatic amines is 1. The van der Waals surface area contributed by atoms with Gasteiger partial charge in [0.2, 0.25) is 5.91 Å². The predicted octanol–water partition coefficient (Wildman–Crippen LogP) is 1.47. The maximum atomic E-state index is 13.2. The Labute approximate surface area is 180 Å². The first-order chi connectivity index (χ1) is 14.8. The van der Waals surface area contributed by atoms with Gasteiger partial charge < -0.3 is 9.80 Å². The molecule has 8 nitrogen and oxygen atoms in total. The molecule has 1 aromatic heterocycles. The van der Waals surface area contributed by atoms with E-state index in [1.807, 2.05) is 0 Å². The minimum absolute atomic E-state index is 0.0307. The number of halogens is 2. The molecule has 4 rings (SSSR count). The van der Waals surface area contributed by atoms with Crippen LogP contribution in [0.4, 0.5) is 4.39 Å². The molecule has 0 bridgehead atoms. The van der Waals surface area contributed by atoms with Gasteiger partial charge in [-0.2, -0.15) is 0 Å². The molecule has 1 saturated heterocycles. The zero-order valence-corrected chi connectivity index (χ0v) is 17.1. The average molecular weight is 445 g/mol. The summed E-state index contributed by atoms with van der Waals surface area (Å²) in [5.74, 6) is -1.22. The van der Waals surface area contributed by atoms with Crippen molar-refractivity contribution in [1.82, 2.24) is 19.6 Å². The van der Waals surface area contributed by atoms with E-state index in [4.69, 9.17) is 11.6 Å². The number of amides is 2. The lowest BCUT2D eigenvalue weighted by atomic mass is 10.1. The molecule has 1 N–H and O–H groups in total. The number of carbonyl (C=O) groups excluding carboxylic acids is 2. The lowest BCUT2D eigenvalue weighted by molar-refractivity contribution is -0.133. The van der Waals surface area contributed by atoms with Gasteiger partial charge in [-0.1, -0.05) is 23.7 Å². The van der Waals surface area contributed by atoms with Crippen LogP contribution in [0.2, 0.25) is 5.02 Å². The van der Waals surface area contributed by atoms with Gasteiger partial charge in [0.15, 0.2) is 0 Å². The number of aromatic nitrogens is 2. The van der Waals surface area contributed by atoms with Crippen LogP contribution in [-0.2, 0) is 11.3 Å². The largest absolute Gasteiger partial charge is 0.338 e. The lowest BCUT2D eigenvalue weighted by Crippen LogP contribution is -2.52. The van der Waals surface area contributed by atoms with E-state index in [1.165, 1.54) is 21.9 Å². The van der Waals surface area contributed by atoms with Crippen molar-refractivity contribution in [3.8, 4) is 0 Å². The molecule has 2 heterocycles. The highest BCUT2D eigenvalue weighted by Gasteiger charge is 2.26. The van der Waals surface area contributed by atoms with Gasteiger partial charge in [0.05, 0.1) is 21.4 Å². The van der Waals surface area contributed by atoms with E-state index in [2.05, 4.69) is 5.10 Å². The quantitative estimate of drug-likeness (QED) is 0.661. The fourth-order valence-corrected chi connectivity index (χ4v) is 3.83. The molecular weight excluding hydrogens is 427 g/mol. The van der Waals surface area contributed by atoms with E-state index in [-0.39, 0.29) is 65.9 Å². The van der Waals surface area contributed by atoms with Crippen molar-refractivity contribution in [3.05, 3.63) is 79.6 Å². The van der Waals surface area contributed by atoms with Crippen LogP contribution in [0, 0.1) is 5.82 Å². The van der Waals surface area contributed by atoms with E-state index in [9.17, 15) is 23.6 Å². The molecule has 2 aromatic carbocycles. The third-order valence-corrected chi connectivity index (χ3v) is 5.57. The molecule has 0 aliphatic carbocycles. The molecule has 2 amide bonds. The summed E-state index contributed by atoms with van der Waals surface area (Å²) in [6, 6.07) is 9.98. The molecule has 0 unspecified atom stereocenters. The Kier molecular flexibility index (Phi) is 5.60. The van der Waals surface area contributed by atoms with Crippen molar-refractivity contribution in [1.29, 1.82) is 0 Å². The molecule has 10 heteroatoms. The number of rotatable bonds is 3. The summed E-state index contributed by atoms with van der Waals surface area (Å²) in [5.41, 5.74) is -0.707. The smallest absolute Gasteiger partial charge is 0.273 e. The number of fused-ring (bicyclic) bond motifs is 1. The van der Waals surface area contributed by atoms with Crippen LogP contribution >= 0.6 is 11.6 Å². The van der Waals surface area contributed by atoms with Crippen molar-refractivity contribution >= 4 is 34.2 Å². The summed E-state index contributed by atoms with van der Waals surface area (Å²) in [6.45, 7) is 0.741. The Hall–Kier alpha value is -3.46. The van der Waals surface area contributed by atoms with Crippen molar-refractivity contribution in [2.24, 2.45) is 0 Å². The van der Waals surface area contributed by atoms with Crippen LogP contribution < -0.4 is 11.1 Å². The SMILES string of the molecule is O=C(Cn1[nH]c(=O)c2ccccc2c1=O)N1CCN(C(=O)c2ccc(F)cc2Cl)CC1. The van der Waals surface area contributed by atoms with Gasteiger partial charge >= 0.3 is 0 Å². The zero-order valence-electron chi connectivity index (χ0n) is 16.3. The van der Waals surface area contributed by atoms with Crippen molar-refractivity contribution < 1.29 is 14.0 Å². The normalized spacial score (nSPS) is 14.1. The average Bonchev–Trinajstić information content (AvgIpc) is 2.77. The van der Waals surface area contributed by atoms with Crippen molar-refractivity contribution in [2.45, 2.75) is 6.54 Å². The lowest BCUT2D eigenvalue weighted by Gasteiger charge is -2.35. The fraction of sp³-hybridized carbons (Fsp3) is 0.238. The topological polar surface area (TPSA) is 95.5 Å². The first kappa shape index (κ1) is 20.8. The second-order valence-corrected chi connectivity index (χ2v) is 7.58. The number of hydrogen-bond donors (Lipinski definition) is 1. The third kappa shape index (κ3) is 4.09. The maximum Gasteiger partial charge on any atom is 0.273 e. The molecular formula is C21H18ClFN4O4. The van der Waals surface area contributed by atoms with E-state index in [1.54, 1.807) is 24.3 Å². The Morgan fingerprint density at radius 3 is 2.29 bits per heavy atom. The highest BCUT2D eigenvalue weighted by atomic mass is 35.5. The van der Waals surface area contributed by atoms with Gasteiger partial charge in [-0.05, 0) is 30.3 Å². The van der Waals surface area contributed by atoms with Gasteiger partial charge in [0, 0.05) is 26.2 Å². The highest BCUT2D eigenvalue weighted by molar-refractivity contribution is 6.33. The van der Waals surface area contributed by atoms with Gasteiger partial charge in [-0.3, -0.25) is 24.3 Å². The summed E-state index contributed by atoms with van der Waals surface area (Å²) in [7, 11) is 0. The molecule has 3 aromatic rings. The van der Waals surface area contributed by atoms with E-state index in [0.717, 1.165) is 10.7 Å². The van der Waals surface area contributed by atoms with Crippen LogP contribution in [0.3, 0.4) is 0 Å². The van der Waals surface area contributed by atoms with Crippen molar-refractivity contribution in [3.63, 3.8) is 0 Å². The molecule has 0 radical (unpaired) electrons. The number of nitrogens with one attached hydrogen (secondary N) is 1. The number of piperazine rings is 1. The molecule has 1 aliphatic rings. The second kappa shape index (κ2) is 8.35. The van der Waals surface area contributed by atoms with Crippen LogP contribution in [0.5, 0.6) is 0 Å². The molecule has 160 valence electrons. The van der Waals surface area contributed by atoms with Gasteiger partial charge in [0.25, 0.3) is 17.0 Å². The summed E-state index contributed by atoms with van der Waals surface area (Å²) in [6.07, 6.45) is 0. The Morgan fingerprint density at radius 2 is 1.61 bits per heavy atom. The molecule has 0 spiro atoms. The summed E-state index contributed by atoms with van der Waals surface area (Å²) >= 11 is 5.97. The van der Waals surface area contributed by atoms with Gasteiger partial charge in [-0.25, -0.2) is 9.07 Å². The molecule has 31 heavy (non-hydrogen) atoms. The summed E-state index contributed by atoms with van der Waals surface area (Å²) in [5, 5.41) is 2.98. The minimum Gasteiger partial charge on any atom is -0.338 e. The molecule has 0 atom stereocenters. The number of carbonyl (C=O) groups is 2. The van der Waals surface area contributed by atoms with Crippen LogP contribution in [-0.4, -0.2) is 57.6 Å². The van der Waals surface area contributed by atoms with Gasteiger partial charge in [-0.15, -0.1) is 0 Å². The van der Waals surface area contributed by atoms with Crippen LogP contribution in [0.15, 0.2) is 52.1 Å². The minimum atomic E-state index is -0.529. The van der Waals surface area contributed by atoms with E-state index in [0.29, 0.717) is 0 Å². The Balaban J connectivity index is 1.44. The highest BCUT2D eigenvalue weighted by Crippen LogP contribution is 2.20. The number of nitrogens with zero attached hydrogens (tertiary/aromatic N) is 3. The van der Waals surface area contributed by atoms with Crippen LogP contribution in [0.25, 0.3) is 10.8 Å². The van der Waals surface area contributed by atoms with Crippen molar-refractivity contribution in [2.75, 3.05) is 26.2 Å². The zero-order chi connectivity index (χ0) is 22.1. The molecule has 0 saturated carbocycles. The maximum absolute atomic E-state index is 13.2. The third-order valence-electron chi connectivity index (χ3n) is 5.26. The predicted molar refractivity (Wildman–Crippen MR) is 113 cm³/mol. The first-order valence-corrected chi connectivity index (χ1v) is 9.97. The monoisotopic (exact) mass is 444 g/mol.